The number of para-hydroxylation sites is 1. The number of aliphatic hydroxyl groups excluding tert-OH is 1. The zero-order valence-corrected chi connectivity index (χ0v) is 17.3. The van der Waals surface area contributed by atoms with E-state index in [4.69, 9.17) is 9.47 Å². The smallest absolute Gasteiger partial charge is 0.417 e. The van der Waals surface area contributed by atoms with Crippen LogP contribution in [0.15, 0.2) is 54.7 Å². The normalized spacial score (nSPS) is 16.3. The lowest BCUT2D eigenvalue weighted by atomic mass is 10.2. The van der Waals surface area contributed by atoms with Gasteiger partial charge in [0.2, 0.25) is 11.8 Å². The van der Waals surface area contributed by atoms with Crippen molar-refractivity contribution in [1.29, 1.82) is 0 Å². The number of pyridine rings is 2. The maximum absolute atomic E-state index is 12.7. The van der Waals surface area contributed by atoms with Crippen molar-refractivity contribution in [2.24, 2.45) is 0 Å². The first kappa shape index (κ1) is 21.9. The molecule has 0 bridgehead atoms. The molecule has 32 heavy (non-hydrogen) atoms. The maximum atomic E-state index is 12.7. The van der Waals surface area contributed by atoms with Crippen molar-refractivity contribution in [1.82, 2.24) is 9.97 Å². The second kappa shape index (κ2) is 9.04. The first-order valence-corrected chi connectivity index (χ1v) is 10.1. The summed E-state index contributed by atoms with van der Waals surface area (Å²) in [7, 11) is 0. The average molecular weight is 445 g/mol. The highest BCUT2D eigenvalue weighted by Crippen LogP contribution is 2.31. The first-order valence-electron chi connectivity index (χ1n) is 10.1. The molecule has 0 saturated carbocycles. The van der Waals surface area contributed by atoms with Crippen molar-refractivity contribution in [3.63, 3.8) is 0 Å². The van der Waals surface area contributed by atoms with Gasteiger partial charge in [0.25, 0.3) is 0 Å². The summed E-state index contributed by atoms with van der Waals surface area (Å²) in [4.78, 5) is 10.2. The van der Waals surface area contributed by atoms with E-state index in [-0.39, 0.29) is 18.6 Å². The topological polar surface area (TPSA) is 67.7 Å². The SMILES string of the molecule is Cc1ccccc1Oc1ccc(N2CC[C@H](Oc3ccc(C(F)(F)F)cn3)C2)c(CO)n1. The monoisotopic (exact) mass is 445 g/mol. The molecule has 9 heteroatoms. The van der Waals surface area contributed by atoms with Crippen LogP contribution < -0.4 is 14.4 Å². The number of aliphatic hydroxyl groups is 1. The molecule has 4 rings (SSSR count). The van der Waals surface area contributed by atoms with Gasteiger partial charge in [0.1, 0.15) is 11.9 Å². The van der Waals surface area contributed by atoms with Crippen LogP contribution >= 0.6 is 0 Å². The molecular formula is C23H22F3N3O3. The van der Waals surface area contributed by atoms with Crippen molar-refractivity contribution in [2.75, 3.05) is 18.0 Å². The molecule has 6 nitrogen and oxygen atoms in total. The Hall–Kier alpha value is -3.33. The van der Waals surface area contributed by atoms with Gasteiger partial charge in [0.05, 0.1) is 30.1 Å². The predicted molar refractivity (Wildman–Crippen MR) is 112 cm³/mol. The summed E-state index contributed by atoms with van der Waals surface area (Å²) in [6.45, 7) is 2.82. The minimum Gasteiger partial charge on any atom is -0.472 e. The van der Waals surface area contributed by atoms with Gasteiger partial charge >= 0.3 is 6.18 Å². The Morgan fingerprint density at radius 2 is 1.88 bits per heavy atom. The zero-order chi connectivity index (χ0) is 22.7. The summed E-state index contributed by atoms with van der Waals surface area (Å²) in [6.07, 6.45) is -3.25. The van der Waals surface area contributed by atoms with Crippen molar-refractivity contribution in [3.8, 4) is 17.5 Å². The summed E-state index contributed by atoms with van der Waals surface area (Å²) in [6, 6.07) is 13.3. The van der Waals surface area contributed by atoms with Gasteiger partial charge < -0.3 is 19.5 Å². The van der Waals surface area contributed by atoms with E-state index in [9.17, 15) is 18.3 Å². The summed E-state index contributed by atoms with van der Waals surface area (Å²) in [5, 5.41) is 9.84. The van der Waals surface area contributed by atoms with Crippen LogP contribution in [0.4, 0.5) is 18.9 Å². The minimum absolute atomic E-state index is 0.146. The number of aryl methyl sites for hydroxylation is 1. The molecule has 1 aliphatic heterocycles. The van der Waals surface area contributed by atoms with Gasteiger partial charge in [-0.3, -0.25) is 0 Å². The van der Waals surface area contributed by atoms with Gasteiger partial charge in [0, 0.05) is 31.3 Å². The molecule has 1 aromatic carbocycles. The Bertz CT molecular complexity index is 1070. The number of benzene rings is 1. The van der Waals surface area contributed by atoms with E-state index in [0.717, 1.165) is 23.5 Å². The maximum Gasteiger partial charge on any atom is 0.417 e. The summed E-state index contributed by atoms with van der Waals surface area (Å²) >= 11 is 0. The van der Waals surface area contributed by atoms with Crippen LogP contribution in [0, 0.1) is 6.92 Å². The highest BCUT2D eigenvalue weighted by atomic mass is 19.4. The number of nitrogens with zero attached hydrogens (tertiary/aromatic N) is 3. The second-order valence-corrected chi connectivity index (χ2v) is 7.50. The molecule has 3 aromatic rings. The Balaban J connectivity index is 1.42. The molecule has 0 radical (unpaired) electrons. The number of ether oxygens (including phenoxy) is 2. The number of aromatic nitrogens is 2. The number of hydrogen-bond donors (Lipinski definition) is 1. The lowest BCUT2D eigenvalue weighted by molar-refractivity contribution is -0.137. The molecule has 0 amide bonds. The Labute approximate surface area is 183 Å². The standard InChI is InChI=1S/C23H22F3N3O3/c1-15-4-2-3-5-20(15)32-22-9-7-19(18(14-30)28-22)29-11-10-17(13-29)31-21-8-6-16(12-27-21)23(24,25)26/h2-9,12,17,30H,10-11,13-14H2,1H3/t17-/m0/s1. The first-order chi connectivity index (χ1) is 15.3. The highest BCUT2D eigenvalue weighted by Gasteiger charge is 2.31. The molecule has 1 aliphatic rings. The molecule has 2 aromatic heterocycles. The van der Waals surface area contributed by atoms with Crippen molar-refractivity contribution in [2.45, 2.75) is 32.2 Å². The fraction of sp³-hybridized carbons (Fsp3) is 0.304. The van der Waals surface area contributed by atoms with Crippen LogP contribution in [0.5, 0.6) is 17.5 Å². The van der Waals surface area contributed by atoms with Crippen LogP contribution in [0.1, 0.15) is 23.2 Å². The van der Waals surface area contributed by atoms with Gasteiger partial charge in [-0.05, 0) is 30.7 Å². The fourth-order valence-electron chi connectivity index (χ4n) is 3.55. The minimum atomic E-state index is -4.43. The molecule has 1 saturated heterocycles. The molecule has 1 fully saturated rings. The van der Waals surface area contributed by atoms with E-state index in [1.807, 2.05) is 42.2 Å². The quantitative estimate of drug-likeness (QED) is 0.591. The van der Waals surface area contributed by atoms with Gasteiger partial charge in [-0.1, -0.05) is 18.2 Å². The lowest BCUT2D eigenvalue weighted by Crippen LogP contribution is -2.26. The van der Waals surface area contributed by atoms with Crippen LogP contribution in [-0.4, -0.2) is 34.3 Å². The van der Waals surface area contributed by atoms with Gasteiger partial charge in [-0.25, -0.2) is 9.97 Å². The van der Waals surface area contributed by atoms with E-state index in [1.54, 1.807) is 6.07 Å². The van der Waals surface area contributed by atoms with Gasteiger partial charge in [-0.15, -0.1) is 0 Å². The van der Waals surface area contributed by atoms with Crippen molar-refractivity contribution >= 4 is 5.69 Å². The summed E-state index contributed by atoms with van der Waals surface area (Å²) in [5.74, 6) is 1.22. The number of anilines is 1. The highest BCUT2D eigenvalue weighted by molar-refractivity contribution is 5.53. The van der Waals surface area contributed by atoms with E-state index in [0.29, 0.717) is 36.8 Å². The molecule has 0 aliphatic carbocycles. The molecule has 168 valence electrons. The Kier molecular flexibility index (Phi) is 6.18. The van der Waals surface area contributed by atoms with Crippen LogP contribution in [0.2, 0.25) is 0 Å². The number of halogens is 3. The van der Waals surface area contributed by atoms with E-state index >= 15 is 0 Å². The fourth-order valence-corrected chi connectivity index (χ4v) is 3.55. The average Bonchev–Trinajstić information content (AvgIpc) is 3.23. The third-order valence-corrected chi connectivity index (χ3v) is 5.22. The Morgan fingerprint density at radius 1 is 1.09 bits per heavy atom. The van der Waals surface area contributed by atoms with Gasteiger partial charge in [0.15, 0.2) is 0 Å². The molecule has 0 unspecified atom stereocenters. The van der Waals surface area contributed by atoms with Crippen LogP contribution in [0.25, 0.3) is 0 Å². The molecule has 3 heterocycles. The molecule has 1 N–H and O–H groups in total. The molecular weight excluding hydrogens is 423 g/mol. The largest absolute Gasteiger partial charge is 0.472 e. The molecule has 0 spiro atoms. The zero-order valence-electron chi connectivity index (χ0n) is 17.3. The van der Waals surface area contributed by atoms with Crippen molar-refractivity contribution < 1.29 is 27.8 Å². The number of alkyl halides is 3. The number of rotatable bonds is 6. The lowest BCUT2D eigenvalue weighted by Gasteiger charge is -2.21. The van der Waals surface area contributed by atoms with Gasteiger partial charge in [-0.2, -0.15) is 13.2 Å². The molecule has 1 atom stereocenters. The summed E-state index contributed by atoms with van der Waals surface area (Å²) < 4.78 is 49.7. The third kappa shape index (κ3) is 4.94. The van der Waals surface area contributed by atoms with Crippen molar-refractivity contribution in [3.05, 3.63) is 71.5 Å². The number of hydrogen-bond acceptors (Lipinski definition) is 6. The van der Waals surface area contributed by atoms with E-state index < -0.39 is 11.7 Å². The van der Waals surface area contributed by atoms with E-state index in [1.165, 1.54) is 6.07 Å². The van der Waals surface area contributed by atoms with Crippen LogP contribution in [0.3, 0.4) is 0 Å². The summed E-state index contributed by atoms with van der Waals surface area (Å²) in [5.41, 5.74) is 1.39. The third-order valence-electron chi connectivity index (χ3n) is 5.22. The van der Waals surface area contributed by atoms with Crippen LogP contribution in [-0.2, 0) is 12.8 Å². The Morgan fingerprint density at radius 3 is 2.56 bits per heavy atom. The van der Waals surface area contributed by atoms with E-state index in [2.05, 4.69) is 9.97 Å². The second-order valence-electron chi connectivity index (χ2n) is 7.50. The predicted octanol–water partition coefficient (Wildman–Crippen LogP) is 4.75.